The first-order chi connectivity index (χ1) is 8.20. The number of hydrogen-bond acceptors (Lipinski definition) is 2. The highest BCUT2D eigenvalue weighted by atomic mass is 16.2. The Labute approximate surface area is 100 Å². The molecule has 1 aliphatic rings. The summed E-state index contributed by atoms with van der Waals surface area (Å²) in [5, 5.41) is 0. The fourth-order valence-electron chi connectivity index (χ4n) is 2.04. The van der Waals surface area contributed by atoms with E-state index in [0.29, 0.717) is 5.69 Å². The summed E-state index contributed by atoms with van der Waals surface area (Å²) in [5.74, 6) is -1.47. The van der Waals surface area contributed by atoms with Gasteiger partial charge in [0.25, 0.3) is 0 Å². The zero-order chi connectivity index (χ0) is 12.4. The van der Waals surface area contributed by atoms with Crippen LogP contribution in [0, 0.1) is 11.8 Å². The van der Waals surface area contributed by atoms with Crippen molar-refractivity contribution in [3.8, 4) is 0 Å². The van der Waals surface area contributed by atoms with E-state index in [2.05, 4.69) is 13.2 Å². The zero-order valence-corrected chi connectivity index (χ0v) is 9.37. The van der Waals surface area contributed by atoms with Crippen LogP contribution in [0.4, 0.5) is 5.69 Å². The fourth-order valence-corrected chi connectivity index (χ4v) is 2.04. The Balaban J connectivity index is 2.43. The molecule has 1 aromatic rings. The van der Waals surface area contributed by atoms with E-state index in [1.807, 2.05) is 6.07 Å². The molecule has 17 heavy (non-hydrogen) atoms. The Bertz CT molecular complexity index is 452. The summed E-state index contributed by atoms with van der Waals surface area (Å²) < 4.78 is 0. The average Bonchev–Trinajstić information content (AvgIpc) is 2.60. The summed E-state index contributed by atoms with van der Waals surface area (Å²) in [6, 6.07) is 8.90. The van der Waals surface area contributed by atoms with E-state index < -0.39 is 11.8 Å². The molecule has 0 N–H and O–H groups in total. The van der Waals surface area contributed by atoms with Gasteiger partial charge in [-0.3, -0.25) is 9.59 Å². The maximum absolute atomic E-state index is 12.1. The molecule has 0 aromatic heterocycles. The second-order valence-corrected chi connectivity index (χ2v) is 3.87. The summed E-state index contributed by atoms with van der Waals surface area (Å²) in [6.45, 7) is 7.21. The van der Waals surface area contributed by atoms with Gasteiger partial charge in [-0.2, -0.15) is 0 Å². The number of nitrogens with zero attached hydrogens (tertiary/aromatic N) is 1. The Morgan fingerprint density at radius 2 is 1.41 bits per heavy atom. The number of anilines is 1. The summed E-state index contributed by atoms with van der Waals surface area (Å²) in [6.07, 6.45) is 3.02. The molecule has 2 rings (SSSR count). The Hall–Kier alpha value is -2.16. The molecule has 2 atom stereocenters. The van der Waals surface area contributed by atoms with Crippen molar-refractivity contribution in [3.63, 3.8) is 0 Å². The number of para-hydroxylation sites is 1. The van der Waals surface area contributed by atoms with Crippen LogP contribution in [0.1, 0.15) is 0 Å². The van der Waals surface area contributed by atoms with Crippen LogP contribution < -0.4 is 4.90 Å². The minimum atomic E-state index is -0.500. The molecule has 1 aliphatic heterocycles. The third-order valence-corrected chi connectivity index (χ3v) is 2.92. The quantitative estimate of drug-likeness (QED) is 0.586. The lowest BCUT2D eigenvalue weighted by Gasteiger charge is -2.13. The molecular formula is C14H13NO2. The van der Waals surface area contributed by atoms with Gasteiger partial charge in [0, 0.05) is 0 Å². The molecular weight excluding hydrogens is 214 g/mol. The van der Waals surface area contributed by atoms with Crippen molar-refractivity contribution in [2.75, 3.05) is 4.90 Å². The first kappa shape index (κ1) is 11.3. The number of imide groups is 1. The monoisotopic (exact) mass is 227 g/mol. The lowest BCUT2D eigenvalue weighted by molar-refractivity contribution is -0.122. The molecule has 0 aliphatic carbocycles. The maximum Gasteiger partial charge on any atom is 0.241 e. The Morgan fingerprint density at radius 3 is 1.82 bits per heavy atom. The number of benzene rings is 1. The van der Waals surface area contributed by atoms with Gasteiger partial charge in [0.1, 0.15) is 0 Å². The summed E-state index contributed by atoms with van der Waals surface area (Å²) in [7, 11) is 0. The first-order valence-electron chi connectivity index (χ1n) is 5.38. The van der Waals surface area contributed by atoms with Crippen molar-refractivity contribution in [1.82, 2.24) is 0 Å². The lowest BCUT2D eigenvalue weighted by atomic mass is 9.95. The minimum Gasteiger partial charge on any atom is -0.273 e. The number of hydrogen-bond donors (Lipinski definition) is 0. The van der Waals surface area contributed by atoms with E-state index in [4.69, 9.17) is 0 Å². The van der Waals surface area contributed by atoms with Crippen LogP contribution in [0.25, 0.3) is 0 Å². The van der Waals surface area contributed by atoms with E-state index in [1.54, 1.807) is 24.3 Å². The van der Waals surface area contributed by atoms with Gasteiger partial charge in [-0.15, -0.1) is 13.2 Å². The largest absolute Gasteiger partial charge is 0.273 e. The van der Waals surface area contributed by atoms with Crippen molar-refractivity contribution in [2.24, 2.45) is 11.8 Å². The van der Waals surface area contributed by atoms with E-state index in [-0.39, 0.29) is 11.8 Å². The SMILES string of the molecule is C=C[C@@H]1C(=O)N(c2ccccc2)C(=O)[C@@H]1C=C. The van der Waals surface area contributed by atoms with Crippen molar-refractivity contribution in [3.05, 3.63) is 55.6 Å². The predicted molar refractivity (Wildman–Crippen MR) is 66.3 cm³/mol. The van der Waals surface area contributed by atoms with Crippen LogP contribution >= 0.6 is 0 Å². The minimum absolute atomic E-state index is 0.235. The molecule has 86 valence electrons. The topological polar surface area (TPSA) is 37.4 Å². The van der Waals surface area contributed by atoms with Crippen LogP contribution in [0.3, 0.4) is 0 Å². The Morgan fingerprint density at radius 1 is 0.941 bits per heavy atom. The van der Waals surface area contributed by atoms with Gasteiger partial charge in [-0.25, -0.2) is 4.90 Å². The average molecular weight is 227 g/mol. The molecule has 0 bridgehead atoms. The molecule has 1 fully saturated rings. The van der Waals surface area contributed by atoms with Gasteiger partial charge in [0.2, 0.25) is 11.8 Å². The van der Waals surface area contributed by atoms with E-state index in [9.17, 15) is 9.59 Å². The number of carbonyl (C=O) groups is 2. The third kappa shape index (κ3) is 1.69. The molecule has 1 aromatic carbocycles. The van der Waals surface area contributed by atoms with Crippen molar-refractivity contribution >= 4 is 17.5 Å². The number of carbonyl (C=O) groups excluding carboxylic acids is 2. The first-order valence-corrected chi connectivity index (χ1v) is 5.38. The van der Waals surface area contributed by atoms with Gasteiger partial charge in [-0.1, -0.05) is 30.4 Å². The molecule has 0 unspecified atom stereocenters. The van der Waals surface area contributed by atoms with Crippen LogP contribution in [0.15, 0.2) is 55.6 Å². The van der Waals surface area contributed by atoms with Gasteiger partial charge < -0.3 is 0 Å². The lowest BCUT2D eigenvalue weighted by Crippen LogP contribution is -2.30. The highest BCUT2D eigenvalue weighted by Crippen LogP contribution is 2.31. The predicted octanol–water partition coefficient (Wildman–Crippen LogP) is 2.16. The van der Waals surface area contributed by atoms with Gasteiger partial charge in [0.05, 0.1) is 17.5 Å². The molecule has 2 amide bonds. The number of amides is 2. The smallest absolute Gasteiger partial charge is 0.241 e. The van der Waals surface area contributed by atoms with Crippen molar-refractivity contribution in [1.29, 1.82) is 0 Å². The molecule has 0 spiro atoms. The van der Waals surface area contributed by atoms with Crippen LogP contribution in [0.2, 0.25) is 0 Å². The van der Waals surface area contributed by atoms with E-state index >= 15 is 0 Å². The standard InChI is InChI=1S/C14H13NO2/c1-3-11-12(4-2)14(17)15(13(11)16)10-8-6-5-7-9-10/h3-9,11-12H,1-2H2/t11-,12+. The normalized spacial score (nSPS) is 23.9. The fraction of sp³-hybridized carbons (Fsp3) is 0.143. The van der Waals surface area contributed by atoms with Crippen LogP contribution in [0.5, 0.6) is 0 Å². The summed E-state index contributed by atoms with van der Waals surface area (Å²) in [4.78, 5) is 25.4. The van der Waals surface area contributed by atoms with Gasteiger partial charge >= 0.3 is 0 Å². The second kappa shape index (κ2) is 4.37. The van der Waals surface area contributed by atoms with Gasteiger partial charge in [0.15, 0.2) is 0 Å². The van der Waals surface area contributed by atoms with Crippen molar-refractivity contribution in [2.45, 2.75) is 0 Å². The molecule has 1 saturated heterocycles. The number of rotatable bonds is 3. The third-order valence-electron chi connectivity index (χ3n) is 2.92. The second-order valence-electron chi connectivity index (χ2n) is 3.87. The molecule has 1 heterocycles. The van der Waals surface area contributed by atoms with Crippen molar-refractivity contribution < 1.29 is 9.59 Å². The van der Waals surface area contributed by atoms with E-state index in [1.165, 1.54) is 17.1 Å². The summed E-state index contributed by atoms with van der Waals surface area (Å²) >= 11 is 0. The molecule has 0 radical (unpaired) electrons. The van der Waals surface area contributed by atoms with Crippen LogP contribution in [-0.4, -0.2) is 11.8 Å². The molecule has 3 nitrogen and oxygen atoms in total. The highest BCUT2D eigenvalue weighted by molar-refractivity contribution is 6.23. The molecule has 3 heteroatoms. The Kier molecular flexibility index (Phi) is 2.91. The van der Waals surface area contributed by atoms with Gasteiger partial charge in [-0.05, 0) is 12.1 Å². The maximum atomic E-state index is 12.1. The summed E-state index contributed by atoms with van der Waals surface area (Å²) in [5.41, 5.74) is 0.596. The molecule has 0 saturated carbocycles. The highest BCUT2D eigenvalue weighted by Gasteiger charge is 2.45. The van der Waals surface area contributed by atoms with E-state index in [0.717, 1.165) is 0 Å². The zero-order valence-electron chi connectivity index (χ0n) is 9.37. The van der Waals surface area contributed by atoms with Crippen LogP contribution in [-0.2, 0) is 9.59 Å².